The highest BCUT2D eigenvalue weighted by molar-refractivity contribution is 6.30. The van der Waals surface area contributed by atoms with Gasteiger partial charge in [-0.3, -0.25) is 0 Å². The molecule has 0 aliphatic carbocycles. The van der Waals surface area contributed by atoms with Crippen molar-refractivity contribution in [3.05, 3.63) is 28.8 Å². The molecule has 1 fully saturated rings. The standard InChI is InChI=1S/C10H8ClNO2/c1-6-10(13-6)14-9-4-8(11)3-2-7(9)5-12/h2-4,6,10H,1H3/t6-,10?/m0/s1. The molecule has 0 bridgehead atoms. The van der Waals surface area contributed by atoms with Crippen LogP contribution in [0.2, 0.25) is 5.02 Å². The summed E-state index contributed by atoms with van der Waals surface area (Å²) in [6.45, 7) is 1.90. The summed E-state index contributed by atoms with van der Waals surface area (Å²) in [5.41, 5.74) is 0.470. The van der Waals surface area contributed by atoms with Gasteiger partial charge in [-0.05, 0) is 19.1 Å². The van der Waals surface area contributed by atoms with Crippen LogP contribution in [0.25, 0.3) is 0 Å². The fourth-order valence-electron chi connectivity index (χ4n) is 1.10. The van der Waals surface area contributed by atoms with Gasteiger partial charge in [0.25, 0.3) is 0 Å². The van der Waals surface area contributed by atoms with Crippen LogP contribution in [0.3, 0.4) is 0 Å². The normalized spacial score (nSPS) is 24.1. The van der Waals surface area contributed by atoms with Crippen molar-refractivity contribution in [3.8, 4) is 11.8 Å². The van der Waals surface area contributed by atoms with Crippen LogP contribution in [-0.2, 0) is 4.74 Å². The molecule has 0 N–H and O–H groups in total. The summed E-state index contributed by atoms with van der Waals surface area (Å²) >= 11 is 5.78. The number of nitrogens with zero attached hydrogens (tertiary/aromatic N) is 1. The first-order valence-corrected chi connectivity index (χ1v) is 4.60. The minimum atomic E-state index is -0.236. The molecule has 1 heterocycles. The molecule has 4 heteroatoms. The number of hydrogen-bond acceptors (Lipinski definition) is 3. The molecule has 0 saturated carbocycles. The Bertz CT molecular complexity index is 400. The average Bonchev–Trinajstić information content (AvgIpc) is 2.82. The van der Waals surface area contributed by atoms with Gasteiger partial charge in [0.2, 0.25) is 6.29 Å². The largest absolute Gasteiger partial charge is 0.461 e. The van der Waals surface area contributed by atoms with Crippen LogP contribution in [0.5, 0.6) is 5.75 Å². The third-order valence-corrected chi connectivity index (χ3v) is 2.20. The van der Waals surface area contributed by atoms with Crippen LogP contribution in [0, 0.1) is 11.3 Å². The predicted octanol–water partition coefficient (Wildman–Crippen LogP) is 2.34. The quantitative estimate of drug-likeness (QED) is 0.703. The second-order valence-electron chi connectivity index (χ2n) is 3.08. The van der Waals surface area contributed by atoms with Gasteiger partial charge in [-0.1, -0.05) is 11.6 Å². The second kappa shape index (κ2) is 3.49. The van der Waals surface area contributed by atoms with Gasteiger partial charge in [0.1, 0.15) is 17.9 Å². The summed E-state index contributed by atoms with van der Waals surface area (Å²) in [5, 5.41) is 9.34. The molecule has 0 amide bonds. The van der Waals surface area contributed by atoms with E-state index in [1.54, 1.807) is 18.2 Å². The lowest BCUT2D eigenvalue weighted by Gasteiger charge is -2.04. The summed E-state index contributed by atoms with van der Waals surface area (Å²) in [6.07, 6.45) is -0.138. The van der Waals surface area contributed by atoms with Crippen LogP contribution in [0.4, 0.5) is 0 Å². The van der Waals surface area contributed by atoms with Crippen molar-refractivity contribution in [2.24, 2.45) is 0 Å². The molecule has 0 aromatic heterocycles. The Morgan fingerprint density at radius 1 is 1.57 bits per heavy atom. The van der Waals surface area contributed by atoms with Crippen molar-refractivity contribution < 1.29 is 9.47 Å². The number of epoxide rings is 1. The maximum absolute atomic E-state index is 8.79. The summed E-state index contributed by atoms with van der Waals surface area (Å²) in [5.74, 6) is 0.481. The lowest BCUT2D eigenvalue weighted by molar-refractivity contribution is 0.178. The van der Waals surface area contributed by atoms with Crippen molar-refractivity contribution in [1.29, 1.82) is 5.26 Å². The Hall–Kier alpha value is -1.24. The molecule has 2 rings (SSSR count). The zero-order chi connectivity index (χ0) is 10.1. The van der Waals surface area contributed by atoms with Crippen LogP contribution < -0.4 is 4.74 Å². The Labute approximate surface area is 86.8 Å². The summed E-state index contributed by atoms with van der Waals surface area (Å²) in [7, 11) is 0. The molecule has 2 atom stereocenters. The number of rotatable bonds is 2. The molecule has 1 unspecified atom stereocenters. The molecular formula is C10H8ClNO2. The maximum Gasteiger partial charge on any atom is 0.226 e. The minimum absolute atomic E-state index is 0.0977. The van der Waals surface area contributed by atoms with Gasteiger partial charge >= 0.3 is 0 Å². The number of ether oxygens (including phenoxy) is 2. The molecule has 1 aromatic carbocycles. The van der Waals surface area contributed by atoms with E-state index >= 15 is 0 Å². The van der Waals surface area contributed by atoms with Crippen molar-refractivity contribution in [1.82, 2.24) is 0 Å². The van der Waals surface area contributed by atoms with E-state index < -0.39 is 0 Å². The lowest BCUT2D eigenvalue weighted by Crippen LogP contribution is -2.02. The second-order valence-corrected chi connectivity index (χ2v) is 3.52. The van der Waals surface area contributed by atoms with E-state index in [0.29, 0.717) is 16.3 Å². The van der Waals surface area contributed by atoms with E-state index in [9.17, 15) is 0 Å². The van der Waals surface area contributed by atoms with Gasteiger partial charge in [-0.15, -0.1) is 0 Å². The van der Waals surface area contributed by atoms with Crippen LogP contribution in [0.1, 0.15) is 12.5 Å². The molecule has 0 radical (unpaired) electrons. The maximum atomic E-state index is 8.79. The zero-order valence-electron chi connectivity index (χ0n) is 7.53. The molecule has 3 nitrogen and oxygen atoms in total. The molecule has 14 heavy (non-hydrogen) atoms. The molecule has 72 valence electrons. The zero-order valence-corrected chi connectivity index (χ0v) is 8.28. The fraction of sp³-hybridized carbons (Fsp3) is 0.300. The van der Waals surface area contributed by atoms with Crippen molar-refractivity contribution in [2.45, 2.75) is 19.3 Å². The van der Waals surface area contributed by atoms with Crippen LogP contribution in [-0.4, -0.2) is 12.4 Å². The Morgan fingerprint density at radius 2 is 2.29 bits per heavy atom. The van der Waals surface area contributed by atoms with Crippen LogP contribution in [0.15, 0.2) is 18.2 Å². The third kappa shape index (κ3) is 1.82. The van der Waals surface area contributed by atoms with Gasteiger partial charge in [0.15, 0.2) is 0 Å². The van der Waals surface area contributed by atoms with Gasteiger partial charge < -0.3 is 9.47 Å². The first-order chi connectivity index (χ1) is 6.70. The fourth-order valence-corrected chi connectivity index (χ4v) is 1.26. The summed E-state index contributed by atoms with van der Waals surface area (Å²) in [4.78, 5) is 0. The van der Waals surface area contributed by atoms with Crippen molar-refractivity contribution >= 4 is 11.6 Å². The van der Waals surface area contributed by atoms with E-state index in [0.717, 1.165) is 0 Å². The number of halogens is 1. The highest BCUT2D eigenvalue weighted by Crippen LogP contribution is 2.29. The van der Waals surface area contributed by atoms with E-state index in [2.05, 4.69) is 0 Å². The molecule has 1 aliphatic heterocycles. The van der Waals surface area contributed by atoms with E-state index in [4.69, 9.17) is 26.3 Å². The van der Waals surface area contributed by atoms with Gasteiger partial charge in [0.05, 0.1) is 5.56 Å². The van der Waals surface area contributed by atoms with Crippen molar-refractivity contribution in [3.63, 3.8) is 0 Å². The summed E-state index contributed by atoms with van der Waals surface area (Å²) in [6, 6.07) is 6.94. The minimum Gasteiger partial charge on any atom is -0.461 e. The van der Waals surface area contributed by atoms with Gasteiger partial charge in [-0.25, -0.2) is 0 Å². The highest BCUT2D eigenvalue weighted by atomic mass is 35.5. The summed E-state index contributed by atoms with van der Waals surface area (Å²) < 4.78 is 10.5. The Kier molecular flexibility index (Phi) is 2.32. The molecule has 1 aromatic rings. The monoisotopic (exact) mass is 209 g/mol. The van der Waals surface area contributed by atoms with Crippen LogP contribution >= 0.6 is 11.6 Å². The Morgan fingerprint density at radius 3 is 2.86 bits per heavy atom. The third-order valence-electron chi connectivity index (χ3n) is 1.96. The number of hydrogen-bond donors (Lipinski definition) is 0. The van der Waals surface area contributed by atoms with E-state index in [1.807, 2.05) is 13.0 Å². The number of benzene rings is 1. The topological polar surface area (TPSA) is 45.5 Å². The first-order valence-electron chi connectivity index (χ1n) is 4.22. The Balaban J connectivity index is 2.22. The molecular weight excluding hydrogens is 202 g/mol. The van der Waals surface area contributed by atoms with Gasteiger partial charge in [0, 0.05) is 11.1 Å². The van der Waals surface area contributed by atoms with Gasteiger partial charge in [-0.2, -0.15) is 5.26 Å². The SMILES string of the molecule is C[C@@H]1OC1Oc1cc(Cl)ccc1C#N. The highest BCUT2D eigenvalue weighted by Gasteiger charge is 2.37. The lowest BCUT2D eigenvalue weighted by atomic mass is 10.2. The molecule has 0 spiro atoms. The average molecular weight is 210 g/mol. The van der Waals surface area contributed by atoms with E-state index in [1.165, 1.54) is 0 Å². The van der Waals surface area contributed by atoms with Crippen molar-refractivity contribution in [2.75, 3.05) is 0 Å². The predicted molar refractivity (Wildman–Crippen MR) is 51.1 cm³/mol. The number of nitriles is 1. The molecule has 1 saturated heterocycles. The van der Waals surface area contributed by atoms with E-state index in [-0.39, 0.29) is 12.4 Å². The smallest absolute Gasteiger partial charge is 0.226 e. The molecule has 1 aliphatic rings. The first kappa shape index (κ1) is 9.32.